The number of amides is 3. The average molecular weight is 268 g/mol. The molecule has 1 heterocycles. The van der Waals surface area contributed by atoms with Gasteiger partial charge in [0, 0.05) is 7.05 Å². The van der Waals surface area contributed by atoms with Gasteiger partial charge in [-0.05, 0) is 5.41 Å². The summed E-state index contributed by atoms with van der Waals surface area (Å²) in [6.07, 6.45) is -0.0635. The lowest BCUT2D eigenvalue weighted by atomic mass is 10.1. The Labute approximate surface area is 109 Å². The molecule has 1 aliphatic carbocycles. The van der Waals surface area contributed by atoms with Crippen molar-refractivity contribution in [3.63, 3.8) is 0 Å². The Morgan fingerprint density at radius 2 is 1.89 bits per heavy atom. The van der Waals surface area contributed by atoms with E-state index < -0.39 is 41.1 Å². The van der Waals surface area contributed by atoms with Crippen LogP contribution in [0.15, 0.2) is 0 Å². The Bertz CT molecular complexity index is 485. The molecule has 1 saturated heterocycles. The maximum atomic E-state index is 12.0. The zero-order valence-electron chi connectivity index (χ0n) is 11.0. The van der Waals surface area contributed by atoms with E-state index in [-0.39, 0.29) is 12.3 Å². The standard InChI is InChI=1S/C12H16N2O5/c1-12(2)7(8(12)11(18)19)9(16)13-5-4-6(15)14(3)10(5)17/h5,7-8H,4H2,1-3H3,(H,13,16)(H,18,19). The first-order valence-electron chi connectivity index (χ1n) is 6.01. The van der Waals surface area contributed by atoms with Crippen LogP contribution >= 0.6 is 0 Å². The molecule has 2 rings (SSSR count). The van der Waals surface area contributed by atoms with Gasteiger partial charge in [0.05, 0.1) is 18.3 Å². The first-order valence-corrected chi connectivity index (χ1v) is 6.01. The van der Waals surface area contributed by atoms with Gasteiger partial charge in [0.1, 0.15) is 6.04 Å². The second-order valence-corrected chi connectivity index (χ2v) is 5.67. The smallest absolute Gasteiger partial charge is 0.307 e. The van der Waals surface area contributed by atoms with Crippen molar-refractivity contribution in [3.05, 3.63) is 0 Å². The lowest BCUT2D eigenvalue weighted by Crippen LogP contribution is -2.42. The molecule has 3 amide bonds. The second kappa shape index (κ2) is 4.04. The predicted molar refractivity (Wildman–Crippen MR) is 62.7 cm³/mol. The van der Waals surface area contributed by atoms with E-state index in [1.807, 2.05) is 0 Å². The third-order valence-electron chi connectivity index (χ3n) is 4.07. The summed E-state index contributed by atoms with van der Waals surface area (Å²) in [5.41, 5.74) is -0.618. The highest BCUT2D eigenvalue weighted by molar-refractivity contribution is 6.07. The van der Waals surface area contributed by atoms with Crippen molar-refractivity contribution in [3.8, 4) is 0 Å². The quantitative estimate of drug-likeness (QED) is 0.653. The van der Waals surface area contributed by atoms with Gasteiger partial charge < -0.3 is 10.4 Å². The number of nitrogens with one attached hydrogen (secondary N) is 1. The molecule has 3 unspecified atom stereocenters. The summed E-state index contributed by atoms with van der Waals surface area (Å²) in [4.78, 5) is 46.9. The van der Waals surface area contributed by atoms with Crippen LogP contribution in [0.4, 0.5) is 0 Å². The van der Waals surface area contributed by atoms with Crippen LogP contribution in [-0.2, 0) is 19.2 Å². The molecule has 2 fully saturated rings. The van der Waals surface area contributed by atoms with E-state index in [9.17, 15) is 19.2 Å². The molecule has 1 saturated carbocycles. The van der Waals surface area contributed by atoms with Gasteiger partial charge in [0.2, 0.25) is 11.8 Å². The second-order valence-electron chi connectivity index (χ2n) is 5.67. The molecule has 3 atom stereocenters. The number of carboxylic acid groups (broad SMARTS) is 1. The van der Waals surface area contributed by atoms with Gasteiger partial charge in [-0.15, -0.1) is 0 Å². The van der Waals surface area contributed by atoms with Crippen molar-refractivity contribution in [1.82, 2.24) is 10.2 Å². The maximum Gasteiger partial charge on any atom is 0.307 e. The normalized spacial score (nSPS) is 32.4. The van der Waals surface area contributed by atoms with Gasteiger partial charge in [-0.2, -0.15) is 0 Å². The van der Waals surface area contributed by atoms with Crippen LogP contribution in [0.2, 0.25) is 0 Å². The van der Waals surface area contributed by atoms with Crippen LogP contribution in [0, 0.1) is 17.3 Å². The van der Waals surface area contributed by atoms with Crippen molar-refractivity contribution >= 4 is 23.7 Å². The summed E-state index contributed by atoms with van der Waals surface area (Å²) in [6, 6.07) is -0.865. The Balaban J connectivity index is 2.02. The molecule has 0 aromatic carbocycles. The molecular formula is C12H16N2O5. The minimum atomic E-state index is -1.02. The van der Waals surface area contributed by atoms with Crippen LogP contribution < -0.4 is 5.32 Å². The molecule has 7 nitrogen and oxygen atoms in total. The first-order chi connectivity index (χ1) is 8.67. The molecule has 1 aliphatic heterocycles. The lowest BCUT2D eigenvalue weighted by molar-refractivity contribution is -0.140. The summed E-state index contributed by atoms with van der Waals surface area (Å²) >= 11 is 0. The van der Waals surface area contributed by atoms with Gasteiger partial charge in [-0.1, -0.05) is 13.8 Å². The maximum absolute atomic E-state index is 12.0. The molecule has 7 heteroatoms. The molecule has 19 heavy (non-hydrogen) atoms. The summed E-state index contributed by atoms with van der Waals surface area (Å²) in [5.74, 6) is -3.69. The lowest BCUT2D eigenvalue weighted by Gasteiger charge is -2.11. The molecule has 2 N–H and O–H groups in total. The number of aliphatic carboxylic acids is 1. The van der Waals surface area contributed by atoms with Crippen molar-refractivity contribution in [2.45, 2.75) is 26.3 Å². The number of hydrogen-bond acceptors (Lipinski definition) is 4. The van der Waals surface area contributed by atoms with Crippen molar-refractivity contribution in [1.29, 1.82) is 0 Å². The highest BCUT2D eigenvalue weighted by atomic mass is 16.4. The summed E-state index contributed by atoms with van der Waals surface area (Å²) in [5, 5.41) is 11.5. The highest BCUT2D eigenvalue weighted by Gasteiger charge is 2.66. The van der Waals surface area contributed by atoms with Gasteiger partial charge in [-0.25, -0.2) is 0 Å². The third kappa shape index (κ3) is 1.98. The molecule has 0 aromatic rings. The Morgan fingerprint density at radius 1 is 1.32 bits per heavy atom. The predicted octanol–water partition coefficient (Wildman–Crippen LogP) is -0.783. The van der Waals surface area contributed by atoms with Gasteiger partial charge in [0.25, 0.3) is 5.91 Å². The summed E-state index contributed by atoms with van der Waals surface area (Å²) < 4.78 is 0. The van der Waals surface area contributed by atoms with E-state index >= 15 is 0 Å². The van der Waals surface area contributed by atoms with Crippen LogP contribution in [0.5, 0.6) is 0 Å². The number of carboxylic acids is 1. The highest BCUT2D eigenvalue weighted by Crippen LogP contribution is 2.58. The zero-order valence-corrected chi connectivity index (χ0v) is 11.0. The van der Waals surface area contributed by atoms with E-state index in [0.717, 1.165) is 4.90 Å². The third-order valence-corrected chi connectivity index (χ3v) is 4.07. The van der Waals surface area contributed by atoms with Crippen molar-refractivity contribution < 1.29 is 24.3 Å². The van der Waals surface area contributed by atoms with E-state index in [2.05, 4.69) is 5.32 Å². The Morgan fingerprint density at radius 3 is 2.26 bits per heavy atom. The number of nitrogens with zero attached hydrogens (tertiary/aromatic N) is 1. The van der Waals surface area contributed by atoms with Crippen molar-refractivity contribution in [2.24, 2.45) is 17.3 Å². The van der Waals surface area contributed by atoms with Gasteiger partial charge >= 0.3 is 5.97 Å². The first kappa shape index (κ1) is 13.5. The molecule has 0 radical (unpaired) electrons. The fourth-order valence-corrected chi connectivity index (χ4v) is 2.72. The number of likely N-dealkylation sites (tertiary alicyclic amines) is 1. The minimum absolute atomic E-state index is 0.0635. The average Bonchev–Trinajstić information content (AvgIpc) is 2.81. The van der Waals surface area contributed by atoms with E-state index in [4.69, 9.17) is 5.11 Å². The van der Waals surface area contributed by atoms with E-state index in [1.54, 1.807) is 13.8 Å². The topological polar surface area (TPSA) is 104 Å². The fraction of sp³-hybridized carbons (Fsp3) is 0.667. The fourth-order valence-electron chi connectivity index (χ4n) is 2.72. The summed E-state index contributed by atoms with van der Waals surface area (Å²) in [6.45, 7) is 3.40. The van der Waals surface area contributed by atoms with E-state index in [0.29, 0.717) is 0 Å². The number of carbonyl (C=O) groups is 4. The van der Waals surface area contributed by atoms with E-state index in [1.165, 1.54) is 7.05 Å². The zero-order chi connectivity index (χ0) is 14.5. The Kier molecular flexibility index (Phi) is 2.87. The van der Waals surface area contributed by atoms with Crippen LogP contribution in [-0.4, -0.2) is 46.8 Å². The number of likely N-dealkylation sites (N-methyl/N-ethyl adjacent to an activating group) is 1. The van der Waals surface area contributed by atoms with Crippen molar-refractivity contribution in [2.75, 3.05) is 7.05 Å². The SMILES string of the molecule is CN1C(=O)CC(NC(=O)C2C(C(=O)O)C2(C)C)C1=O. The van der Waals surface area contributed by atoms with Gasteiger partial charge in [0.15, 0.2) is 0 Å². The molecule has 0 spiro atoms. The molecule has 0 aromatic heterocycles. The number of rotatable bonds is 3. The molecule has 104 valence electrons. The van der Waals surface area contributed by atoms with Gasteiger partial charge in [-0.3, -0.25) is 24.1 Å². The molecular weight excluding hydrogens is 252 g/mol. The molecule has 0 bridgehead atoms. The number of hydrogen-bond donors (Lipinski definition) is 2. The van der Waals surface area contributed by atoms with Crippen LogP contribution in [0.25, 0.3) is 0 Å². The molecule has 2 aliphatic rings. The largest absolute Gasteiger partial charge is 0.481 e. The summed E-state index contributed by atoms with van der Waals surface area (Å²) in [7, 11) is 1.36. The number of carbonyl (C=O) groups excluding carboxylic acids is 3. The monoisotopic (exact) mass is 268 g/mol. The van der Waals surface area contributed by atoms with Crippen LogP contribution in [0.3, 0.4) is 0 Å². The number of imide groups is 1. The Hall–Kier alpha value is -1.92. The minimum Gasteiger partial charge on any atom is -0.481 e. The van der Waals surface area contributed by atoms with Crippen LogP contribution in [0.1, 0.15) is 20.3 Å².